The number of phenols is 1. The van der Waals surface area contributed by atoms with Gasteiger partial charge in [0.25, 0.3) is 5.91 Å². The first-order chi connectivity index (χ1) is 8.08. The van der Waals surface area contributed by atoms with Crippen molar-refractivity contribution in [3.63, 3.8) is 0 Å². The molecule has 1 unspecified atom stereocenters. The summed E-state index contributed by atoms with van der Waals surface area (Å²) in [5.74, 6) is -0.229. The van der Waals surface area contributed by atoms with E-state index in [1.54, 1.807) is 18.2 Å². The Morgan fingerprint density at radius 3 is 2.76 bits per heavy atom. The third-order valence-corrected chi connectivity index (χ3v) is 2.74. The van der Waals surface area contributed by atoms with E-state index in [4.69, 9.17) is 5.73 Å². The fraction of sp³-hybridized carbons (Fsp3) is 0.462. The van der Waals surface area contributed by atoms with Crippen molar-refractivity contribution in [2.75, 3.05) is 6.54 Å². The first-order valence-corrected chi connectivity index (χ1v) is 5.89. The van der Waals surface area contributed by atoms with Crippen LogP contribution in [0.5, 0.6) is 5.75 Å². The summed E-state index contributed by atoms with van der Waals surface area (Å²) in [6, 6.07) is 5.08. The highest BCUT2D eigenvalue weighted by Crippen LogP contribution is 2.18. The molecule has 4 N–H and O–H groups in total. The number of phenolic OH excluding ortho intramolecular Hbond substituents is 1. The molecule has 0 radical (unpaired) electrons. The van der Waals surface area contributed by atoms with Crippen molar-refractivity contribution in [3.8, 4) is 5.75 Å². The Morgan fingerprint density at radius 1 is 1.53 bits per heavy atom. The Bertz CT molecular complexity index is 391. The van der Waals surface area contributed by atoms with E-state index in [-0.39, 0.29) is 17.7 Å². The predicted molar refractivity (Wildman–Crippen MR) is 68.1 cm³/mol. The lowest BCUT2D eigenvalue weighted by atomic mass is 10.1. The van der Waals surface area contributed by atoms with Gasteiger partial charge >= 0.3 is 0 Å². The van der Waals surface area contributed by atoms with E-state index in [0.29, 0.717) is 12.1 Å². The van der Waals surface area contributed by atoms with Crippen molar-refractivity contribution in [3.05, 3.63) is 29.3 Å². The summed E-state index contributed by atoms with van der Waals surface area (Å²) in [6.45, 7) is 4.40. The Morgan fingerprint density at radius 2 is 2.24 bits per heavy atom. The summed E-state index contributed by atoms with van der Waals surface area (Å²) in [5.41, 5.74) is 6.70. The van der Waals surface area contributed by atoms with Gasteiger partial charge in [-0.2, -0.15) is 0 Å². The normalized spacial score (nSPS) is 12.2. The number of nitrogens with two attached hydrogens (primary N) is 1. The van der Waals surface area contributed by atoms with Crippen LogP contribution in [0, 0.1) is 6.92 Å². The van der Waals surface area contributed by atoms with E-state index >= 15 is 0 Å². The molecular formula is C13H20N2O2. The highest BCUT2D eigenvalue weighted by atomic mass is 16.3. The lowest BCUT2D eigenvalue weighted by molar-refractivity contribution is 0.0932. The molecule has 0 saturated heterocycles. The SMILES string of the molecule is CCC(CCN)NC(=O)c1ccc(C)cc1O. The fourth-order valence-electron chi connectivity index (χ4n) is 1.68. The van der Waals surface area contributed by atoms with Gasteiger partial charge in [-0.1, -0.05) is 13.0 Å². The Balaban J connectivity index is 2.75. The maximum absolute atomic E-state index is 11.9. The number of benzene rings is 1. The molecule has 94 valence electrons. The van der Waals surface area contributed by atoms with E-state index in [2.05, 4.69) is 5.32 Å². The minimum Gasteiger partial charge on any atom is -0.507 e. The van der Waals surface area contributed by atoms with Crippen LogP contribution in [0.3, 0.4) is 0 Å². The Hall–Kier alpha value is -1.55. The molecule has 4 heteroatoms. The first-order valence-electron chi connectivity index (χ1n) is 5.89. The van der Waals surface area contributed by atoms with Gasteiger partial charge in [-0.15, -0.1) is 0 Å². The van der Waals surface area contributed by atoms with Crippen LogP contribution < -0.4 is 11.1 Å². The molecule has 0 saturated carbocycles. The Kier molecular flexibility index (Phi) is 4.97. The van der Waals surface area contributed by atoms with Crippen molar-refractivity contribution in [1.29, 1.82) is 0 Å². The number of hydrogen-bond donors (Lipinski definition) is 3. The summed E-state index contributed by atoms with van der Waals surface area (Å²) in [5, 5.41) is 12.6. The Labute approximate surface area is 102 Å². The zero-order valence-electron chi connectivity index (χ0n) is 10.4. The number of carbonyl (C=O) groups is 1. The maximum atomic E-state index is 11.9. The van der Waals surface area contributed by atoms with Crippen LogP contribution in [0.15, 0.2) is 18.2 Å². The minimum absolute atomic E-state index is 0.0186. The van der Waals surface area contributed by atoms with E-state index in [9.17, 15) is 9.90 Å². The first kappa shape index (κ1) is 13.5. The zero-order valence-corrected chi connectivity index (χ0v) is 10.4. The standard InChI is InChI=1S/C13H20N2O2/c1-3-10(6-7-14)15-13(17)11-5-4-9(2)8-12(11)16/h4-5,8,10,16H,3,6-7,14H2,1-2H3,(H,15,17). The highest BCUT2D eigenvalue weighted by Gasteiger charge is 2.14. The van der Waals surface area contributed by atoms with Crippen molar-refractivity contribution in [2.45, 2.75) is 32.7 Å². The number of hydrogen-bond acceptors (Lipinski definition) is 3. The van der Waals surface area contributed by atoms with Gasteiger partial charge in [0, 0.05) is 6.04 Å². The number of aryl methyl sites for hydroxylation is 1. The van der Waals surface area contributed by atoms with Gasteiger partial charge in [0.15, 0.2) is 0 Å². The fourth-order valence-corrected chi connectivity index (χ4v) is 1.68. The van der Waals surface area contributed by atoms with Gasteiger partial charge in [0.1, 0.15) is 5.75 Å². The van der Waals surface area contributed by atoms with Crippen LogP contribution in [-0.2, 0) is 0 Å². The van der Waals surface area contributed by atoms with Gasteiger partial charge < -0.3 is 16.2 Å². The molecule has 4 nitrogen and oxygen atoms in total. The maximum Gasteiger partial charge on any atom is 0.255 e. The van der Waals surface area contributed by atoms with Crippen LogP contribution in [0.4, 0.5) is 0 Å². The minimum atomic E-state index is -0.247. The number of rotatable bonds is 5. The molecule has 0 aliphatic heterocycles. The molecule has 17 heavy (non-hydrogen) atoms. The topological polar surface area (TPSA) is 75.3 Å². The molecule has 0 aromatic heterocycles. The predicted octanol–water partition coefficient (Wildman–Crippen LogP) is 1.56. The molecule has 1 amide bonds. The van der Waals surface area contributed by atoms with Gasteiger partial charge in [-0.05, 0) is 44.0 Å². The second-order valence-corrected chi connectivity index (χ2v) is 4.18. The highest BCUT2D eigenvalue weighted by molar-refractivity contribution is 5.97. The lowest BCUT2D eigenvalue weighted by Crippen LogP contribution is -2.35. The largest absolute Gasteiger partial charge is 0.507 e. The van der Waals surface area contributed by atoms with Gasteiger partial charge in [0.05, 0.1) is 5.56 Å². The summed E-state index contributed by atoms with van der Waals surface area (Å²) in [7, 11) is 0. The summed E-state index contributed by atoms with van der Waals surface area (Å²) in [6.07, 6.45) is 1.57. The van der Waals surface area contributed by atoms with Crippen molar-refractivity contribution < 1.29 is 9.90 Å². The molecular weight excluding hydrogens is 216 g/mol. The lowest BCUT2D eigenvalue weighted by Gasteiger charge is -2.16. The number of aromatic hydroxyl groups is 1. The summed E-state index contributed by atoms with van der Waals surface area (Å²) >= 11 is 0. The summed E-state index contributed by atoms with van der Waals surface area (Å²) < 4.78 is 0. The quantitative estimate of drug-likeness (QED) is 0.726. The zero-order chi connectivity index (χ0) is 12.8. The van der Waals surface area contributed by atoms with E-state index in [1.165, 1.54) is 0 Å². The van der Waals surface area contributed by atoms with Gasteiger partial charge in [0.2, 0.25) is 0 Å². The molecule has 0 aliphatic rings. The van der Waals surface area contributed by atoms with Crippen LogP contribution in [-0.4, -0.2) is 23.6 Å². The summed E-state index contributed by atoms with van der Waals surface area (Å²) in [4.78, 5) is 11.9. The van der Waals surface area contributed by atoms with Crippen molar-refractivity contribution in [1.82, 2.24) is 5.32 Å². The second kappa shape index (κ2) is 6.25. The molecule has 1 rings (SSSR count). The van der Waals surface area contributed by atoms with Crippen LogP contribution in [0.1, 0.15) is 35.7 Å². The average molecular weight is 236 g/mol. The second-order valence-electron chi connectivity index (χ2n) is 4.18. The molecule has 0 aliphatic carbocycles. The smallest absolute Gasteiger partial charge is 0.255 e. The third kappa shape index (κ3) is 3.75. The molecule has 0 fully saturated rings. The molecule has 0 spiro atoms. The van der Waals surface area contributed by atoms with E-state index < -0.39 is 0 Å². The van der Waals surface area contributed by atoms with Gasteiger partial charge in [-0.3, -0.25) is 4.79 Å². The molecule has 1 aromatic rings. The number of nitrogens with one attached hydrogen (secondary N) is 1. The molecule has 1 atom stereocenters. The van der Waals surface area contributed by atoms with Crippen molar-refractivity contribution >= 4 is 5.91 Å². The van der Waals surface area contributed by atoms with E-state index in [1.807, 2.05) is 13.8 Å². The monoisotopic (exact) mass is 236 g/mol. The molecule has 0 heterocycles. The third-order valence-electron chi connectivity index (χ3n) is 2.74. The van der Waals surface area contributed by atoms with E-state index in [0.717, 1.165) is 18.4 Å². The molecule has 0 bridgehead atoms. The van der Waals surface area contributed by atoms with Crippen LogP contribution in [0.2, 0.25) is 0 Å². The number of amides is 1. The molecule has 1 aromatic carbocycles. The average Bonchev–Trinajstić information content (AvgIpc) is 2.28. The van der Waals surface area contributed by atoms with Crippen LogP contribution >= 0.6 is 0 Å². The van der Waals surface area contributed by atoms with Gasteiger partial charge in [-0.25, -0.2) is 0 Å². The van der Waals surface area contributed by atoms with Crippen LogP contribution in [0.25, 0.3) is 0 Å². The number of carbonyl (C=O) groups excluding carboxylic acids is 1. The van der Waals surface area contributed by atoms with Crippen molar-refractivity contribution in [2.24, 2.45) is 5.73 Å².